The maximum Gasteiger partial charge on any atom is 0.269 e. The summed E-state index contributed by atoms with van der Waals surface area (Å²) in [5, 5.41) is 13.5. The quantitative estimate of drug-likeness (QED) is 0.649. The first kappa shape index (κ1) is 17.3. The Balaban J connectivity index is 2.10. The van der Waals surface area contributed by atoms with Gasteiger partial charge >= 0.3 is 0 Å². The van der Waals surface area contributed by atoms with Crippen LogP contribution in [0.1, 0.15) is 11.1 Å². The standard InChI is InChI=1S/C17H18N2O5/c1-11-8-13(19(21)22)5-6-14(11)18-17(20)10-12-4-7-15(23-2)16(9-12)24-3/h4-9H,10H2,1-3H3,(H,18,20). The highest BCUT2D eigenvalue weighted by Gasteiger charge is 2.12. The molecule has 0 fully saturated rings. The largest absolute Gasteiger partial charge is 0.493 e. The molecule has 126 valence electrons. The van der Waals surface area contributed by atoms with Gasteiger partial charge < -0.3 is 14.8 Å². The third-order valence-corrected chi connectivity index (χ3v) is 3.51. The van der Waals surface area contributed by atoms with Crippen LogP contribution in [0.15, 0.2) is 36.4 Å². The number of nitrogens with zero attached hydrogens (tertiary/aromatic N) is 1. The molecule has 2 aromatic rings. The van der Waals surface area contributed by atoms with Gasteiger partial charge in [0.15, 0.2) is 11.5 Å². The predicted octanol–water partition coefficient (Wildman–Crippen LogP) is 3.10. The molecule has 7 heteroatoms. The van der Waals surface area contributed by atoms with Crippen molar-refractivity contribution in [1.29, 1.82) is 0 Å². The smallest absolute Gasteiger partial charge is 0.269 e. The van der Waals surface area contributed by atoms with E-state index in [4.69, 9.17) is 9.47 Å². The number of non-ortho nitro benzene ring substituents is 1. The summed E-state index contributed by atoms with van der Waals surface area (Å²) in [4.78, 5) is 22.5. The molecule has 0 saturated carbocycles. The van der Waals surface area contributed by atoms with Crippen LogP contribution < -0.4 is 14.8 Å². The highest BCUT2D eigenvalue weighted by atomic mass is 16.6. The summed E-state index contributed by atoms with van der Waals surface area (Å²) in [5.41, 5.74) is 1.94. The lowest BCUT2D eigenvalue weighted by Crippen LogP contribution is -2.15. The third-order valence-electron chi connectivity index (χ3n) is 3.51. The summed E-state index contributed by atoms with van der Waals surface area (Å²) in [6, 6.07) is 9.56. The van der Waals surface area contributed by atoms with E-state index in [0.717, 1.165) is 5.56 Å². The minimum atomic E-state index is -0.470. The number of hydrogen-bond donors (Lipinski definition) is 1. The lowest BCUT2D eigenvalue weighted by Gasteiger charge is -2.11. The second-order valence-corrected chi connectivity index (χ2v) is 5.17. The zero-order chi connectivity index (χ0) is 17.7. The number of amides is 1. The SMILES string of the molecule is COc1ccc(CC(=O)Nc2ccc([N+](=O)[O-])cc2C)cc1OC. The van der Waals surface area contributed by atoms with Crippen molar-refractivity contribution in [2.45, 2.75) is 13.3 Å². The number of nitro benzene ring substituents is 1. The second-order valence-electron chi connectivity index (χ2n) is 5.17. The van der Waals surface area contributed by atoms with Crippen LogP contribution >= 0.6 is 0 Å². The Kier molecular flexibility index (Phi) is 5.36. The molecule has 0 atom stereocenters. The first-order valence-corrected chi connectivity index (χ1v) is 7.20. The molecular formula is C17H18N2O5. The van der Waals surface area contributed by atoms with E-state index in [1.807, 2.05) is 0 Å². The topological polar surface area (TPSA) is 90.7 Å². The highest BCUT2D eigenvalue weighted by Crippen LogP contribution is 2.28. The Bertz CT molecular complexity index is 774. The van der Waals surface area contributed by atoms with Crippen molar-refractivity contribution >= 4 is 17.3 Å². The van der Waals surface area contributed by atoms with E-state index in [1.54, 1.807) is 32.2 Å². The van der Waals surface area contributed by atoms with Gasteiger partial charge in [-0.15, -0.1) is 0 Å². The van der Waals surface area contributed by atoms with Gasteiger partial charge in [0, 0.05) is 17.8 Å². The van der Waals surface area contributed by atoms with Gasteiger partial charge in [-0.25, -0.2) is 0 Å². The molecule has 0 aliphatic rings. The average molecular weight is 330 g/mol. The zero-order valence-electron chi connectivity index (χ0n) is 13.7. The summed E-state index contributed by atoms with van der Waals surface area (Å²) in [6.07, 6.45) is 0.150. The molecule has 0 aliphatic carbocycles. The van der Waals surface area contributed by atoms with Crippen molar-refractivity contribution < 1.29 is 19.2 Å². The summed E-state index contributed by atoms with van der Waals surface area (Å²) < 4.78 is 10.4. The number of ether oxygens (including phenoxy) is 2. The lowest BCUT2D eigenvalue weighted by atomic mass is 10.1. The van der Waals surface area contributed by atoms with E-state index in [0.29, 0.717) is 22.7 Å². The second kappa shape index (κ2) is 7.45. The van der Waals surface area contributed by atoms with Crippen molar-refractivity contribution in [3.63, 3.8) is 0 Å². The van der Waals surface area contributed by atoms with Crippen LogP contribution in [0.4, 0.5) is 11.4 Å². The fourth-order valence-corrected chi connectivity index (χ4v) is 2.27. The van der Waals surface area contributed by atoms with Crippen molar-refractivity contribution in [2.75, 3.05) is 19.5 Å². The van der Waals surface area contributed by atoms with Crippen molar-refractivity contribution in [3.8, 4) is 11.5 Å². The van der Waals surface area contributed by atoms with E-state index < -0.39 is 4.92 Å². The molecule has 0 heterocycles. The molecule has 7 nitrogen and oxygen atoms in total. The Morgan fingerprint density at radius 2 is 1.83 bits per heavy atom. The maximum atomic E-state index is 12.2. The van der Waals surface area contributed by atoms with E-state index in [2.05, 4.69) is 5.32 Å². The summed E-state index contributed by atoms with van der Waals surface area (Å²) in [6.45, 7) is 1.71. The van der Waals surface area contributed by atoms with Crippen LogP contribution in [0.2, 0.25) is 0 Å². The molecule has 0 spiro atoms. The molecule has 1 amide bonds. The van der Waals surface area contributed by atoms with Crippen LogP contribution in [0, 0.1) is 17.0 Å². The number of carbonyl (C=O) groups excluding carboxylic acids is 1. The van der Waals surface area contributed by atoms with Gasteiger partial charge in [0.1, 0.15) is 0 Å². The van der Waals surface area contributed by atoms with E-state index in [-0.39, 0.29) is 18.0 Å². The summed E-state index contributed by atoms with van der Waals surface area (Å²) >= 11 is 0. The molecule has 24 heavy (non-hydrogen) atoms. The molecule has 0 unspecified atom stereocenters. The number of nitro groups is 1. The van der Waals surface area contributed by atoms with E-state index >= 15 is 0 Å². The minimum Gasteiger partial charge on any atom is -0.493 e. The Hall–Kier alpha value is -3.09. The van der Waals surface area contributed by atoms with Gasteiger partial charge in [-0.2, -0.15) is 0 Å². The fourth-order valence-electron chi connectivity index (χ4n) is 2.27. The number of carbonyl (C=O) groups is 1. The van der Waals surface area contributed by atoms with Crippen LogP contribution in [-0.2, 0) is 11.2 Å². The molecule has 0 saturated heterocycles. The fraction of sp³-hybridized carbons (Fsp3) is 0.235. The number of nitrogens with one attached hydrogen (secondary N) is 1. The van der Waals surface area contributed by atoms with Crippen molar-refractivity contribution in [2.24, 2.45) is 0 Å². The van der Waals surface area contributed by atoms with Gasteiger partial charge in [0.25, 0.3) is 5.69 Å². The number of rotatable bonds is 6. The molecule has 2 rings (SSSR count). The zero-order valence-corrected chi connectivity index (χ0v) is 13.7. The number of anilines is 1. The van der Waals surface area contributed by atoms with E-state index in [9.17, 15) is 14.9 Å². The van der Waals surface area contributed by atoms with Crippen LogP contribution in [0.3, 0.4) is 0 Å². The monoisotopic (exact) mass is 330 g/mol. The van der Waals surface area contributed by atoms with Gasteiger partial charge in [-0.1, -0.05) is 6.07 Å². The molecule has 1 N–H and O–H groups in total. The van der Waals surface area contributed by atoms with Crippen molar-refractivity contribution in [1.82, 2.24) is 0 Å². The van der Waals surface area contributed by atoms with Crippen molar-refractivity contribution in [3.05, 3.63) is 57.6 Å². The highest BCUT2D eigenvalue weighted by molar-refractivity contribution is 5.93. The minimum absolute atomic E-state index is 0.00890. The Labute approximate surface area is 139 Å². The summed E-state index contributed by atoms with van der Waals surface area (Å²) in [7, 11) is 3.07. The van der Waals surface area contributed by atoms with Gasteiger partial charge in [-0.3, -0.25) is 14.9 Å². The third kappa shape index (κ3) is 4.01. The summed E-state index contributed by atoms with van der Waals surface area (Å²) in [5.74, 6) is 0.918. The van der Waals surface area contributed by atoms with Crippen LogP contribution in [0.5, 0.6) is 11.5 Å². The van der Waals surface area contributed by atoms with Crippen LogP contribution in [-0.4, -0.2) is 25.1 Å². The van der Waals surface area contributed by atoms with Crippen LogP contribution in [0.25, 0.3) is 0 Å². The number of aryl methyl sites for hydroxylation is 1. The van der Waals surface area contributed by atoms with E-state index in [1.165, 1.54) is 25.3 Å². The number of hydrogen-bond acceptors (Lipinski definition) is 5. The molecule has 0 radical (unpaired) electrons. The molecule has 0 bridgehead atoms. The Morgan fingerprint density at radius 1 is 1.12 bits per heavy atom. The molecular weight excluding hydrogens is 312 g/mol. The van der Waals surface area contributed by atoms with Gasteiger partial charge in [0.2, 0.25) is 5.91 Å². The Morgan fingerprint density at radius 3 is 2.42 bits per heavy atom. The first-order chi connectivity index (χ1) is 11.4. The van der Waals surface area contributed by atoms with Gasteiger partial charge in [0.05, 0.1) is 25.6 Å². The molecule has 0 aromatic heterocycles. The first-order valence-electron chi connectivity index (χ1n) is 7.20. The predicted molar refractivity (Wildman–Crippen MR) is 89.7 cm³/mol. The normalized spacial score (nSPS) is 10.1. The number of benzene rings is 2. The molecule has 0 aliphatic heterocycles. The lowest BCUT2D eigenvalue weighted by molar-refractivity contribution is -0.384. The maximum absolute atomic E-state index is 12.2. The average Bonchev–Trinajstić information content (AvgIpc) is 2.56. The number of methoxy groups -OCH3 is 2. The van der Waals surface area contributed by atoms with Gasteiger partial charge in [-0.05, 0) is 36.2 Å². The molecule has 2 aromatic carbocycles.